The molecule has 1 aromatic heterocycles. The molecule has 9 heteroatoms. The van der Waals surface area contributed by atoms with Crippen LogP contribution in [-0.2, 0) is 25.8 Å². The third kappa shape index (κ3) is 3.89. The van der Waals surface area contributed by atoms with Gasteiger partial charge in [-0.1, -0.05) is 0 Å². The minimum atomic E-state index is -3.34. The first-order valence-corrected chi connectivity index (χ1v) is 11.1. The summed E-state index contributed by atoms with van der Waals surface area (Å²) in [7, 11) is -1.26. The van der Waals surface area contributed by atoms with Crippen molar-refractivity contribution in [2.45, 2.75) is 12.5 Å². The maximum Gasteiger partial charge on any atom is 0.228 e. The molecule has 148 valence electrons. The van der Waals surface area contributed by atoms with Crippen LogP contribution < -0.4 is 5.32 Å². The molecule has 3 fully saturated rings. The molecule has 1 aromatic rings. The number of furan rings is 1. The number of nitrogens with one attached hydrogen (secondary N) is 1. The van der Waals surface area contributed by atoms with Crippen molar-refractivity contribution in [2.75, 3.05) is 44.7 Å². The predicted octanol–water partition coefficient (Wildman–Crippen LogP) is -0.628. The summed E-state index contributed by atoms with van der Waals surface area (Å²) in [6.45, 7) is 3.31. The van der Waals surface area contributed by atoms with Gasteiger partial charge in [0.1, 0.15) is 0 Å². The molecule has 0 radical (unpaired) electrons. The van der Waals surface area contributed by atoms with Crippen LogP contribution in [0.15, 0.2) is 23.0 Å². The zero-order valence-corrected chi connectivity index (χ0v) is 16.2. The van der Waals surface area contributed by atoms with E-state index in [-0.39, 0.29) is 29.7 Å². The Morgan fingerprint density at radius 1 is 1.19 bits per heavy atom. The van der Waals surface area contributed by atoms with Crippen molar-refractivity contribution >= 4 is 21.7 Å². The first kappa shape index (κ1) is 18.5. The second-order valence-electron chi connectivity index (χ2n) is 8.15. The van der Waals surface area contributed by atoms with E-state index in [0.29, 0.717) is 30.5 Å². The van der Waals surface area contributed by atoms with E-state index >= 15 is 0 Å². The molecular formula is C18H25N3O5S. The molecule has 3 saturated heterocycles. The molecule has 4 rings (SSSR count). The molecule has 1 N–H and O–H groups in total. The summed E-state index contributed by atoms with van der Waals surface area (Å²) in [4.78, 5) is 29.4. The molecule has 0 unspecified atom stereocenters. The lowest BCUT2D eigenvalue weighted by molar-refractivity contribution is -0.135. The van der Waals surface area contributed by atoms with Crippen LogP contribution >= 0.6 is 0 Å². The summed E-state index contributed by atoms with van der Waals surface area (Å²) in [5, 5.41) is 2.77. The lowest BCUT2D eigenvalue weighted by Crippen LogP contribution is -2.47. The largest absolute Gasteiger partial charge is 0.472 e. The molecule has 4 atom stereocenters. The van der Waals surface area contributed by atoms with Gasteiger partial charge in [-0.15, -0.1) is 0 Å². The van der Waals surface area contributed by atoms with Crippen LogP contribution in [0.1, 0.15) is 5.56 Å². The van der Waals surface area contributed by atoms with Crippen molar-refractivity contribution in [2.24, 2.45) is 17.8 Å². The highest BCUT2D eigenvalue weighted by molar-refractivity contribution is 7.91. The van der Waals surface area contributed by atoms with Crippen LogP contribution in [-0.4, -0.2) is 80.8 Å². The normalized spacial score (nSPS) is 32.6. The highest BCUT2D eigenvalue weighted by atomic mass is 32.2. The molecule has 27 heavy (non-hydrogen) atoms. The second kappa shape index (κ2) is 6.94. The van der Waals surface area contributed by atoms with Crippen molar-refractivity contribution < 1.29 is 22.4 Å². The molecule has 0 aliphatic carbocycles. The van der Waals surface area contributed by atoms with Crippen molar-refractivity contribution in [3.63, 3.8) is 0 Å². The molecule has 8 nitrogen and oxygen atoms in total. The molecule has 0 saturated carbocycles. The average Bonchev–Trinajstić information content (AvgIpc) is 3.31. The Bertz CT molecular complexity index is 808. The summed E-state index contributed by atoms with van der Waals surface area (Å²) < 4.78 is 29.3. The van der Waals surface area contributed by atoms with E-state index in [9.17, 15) is 18.0 Å². The summed E-state index contributed by atoms with van der Waals surface area (Å²) in [5.41, 5.74) is 0.715. The average molecular weight is 395 g/mol. The van der Waals surface area contributed by atoms with Crippen LogP contribution in [0.25, 0.3) is 0 Å². The third-order valence-electron chi connectivity index (χ3n) is 5.94. The number of nitrogens with zero attached hydrogens (tertiary/aromatic N) is 2. The third-order valence-corrected chi connectivity index (χ3v) is 7.68. The van der Waals surface area contributed by atoms with E-state index in [2.05, 4.69) is 17.3 Å². The molecule has 3 aliphatic rings. The van der Waals surface area contributed by atoms with Gasteiger partial charge in [-0.2, -0.15) is 0 Å². The zero-order valence-electron chi connectivity index (χ0n) is 15.3. The standard InChI is InChI=1S/C18H25N3O5S/c1-20-5-13-7-21(8-14(13)6-20)18(23)15-10-27(24,25)11-16(15)19-17(22)4-12-2-3-26-9-12/h2-3,9,13-16H,4-8,10-11H2,1H3,(H,19,22)/t13-,14+,15-,16-/m1/s1. The zero-order chi connectivity index (χ0) is 19.2. The van der Waals surface area contributed by atoms with E-state index in [1.54, 1.807) is 6.07 Å². The lowest BCUT2D eigenvalue weighted by Gasteiger charge is -2.25. The molecule has 0 spiro atoms. The molecule has 0 aromatic carbocycles. The Morgan fingerprint density at radius 3 is 2.52 bits per heavy atom. The summed E-state index contributed by atoms with van der Waals surface area (Å²) in [6.07, 6.45) is 3.07. The fourth-order valence-corrected chi connectivity index (χ4v) is 6.63. The van der Waals surface area contributed by atoms with E-state index in [4.69, 9.17) is 4.42 Å². The molecule has 4 heterocycles. The van der Waals surface area contributed by atoms with Crippen LogP contribution in [0.4, 0.5) is 0 Å². The van der Waals surface area contributed by atoms with E-state index < -0.39 is 21.8 Å². The number of carbonyl (C=O) groups excluding carboxylic acids is 2. The number of fused-ring (bicyclic) bond motifs is 1. The van der Waals surface area contributed by atoms with Gasteiger partial charge in [-0.05, 0) is 30.5 Å². The monoisotopic (exact) mass is 395 g/mol. The maximum absolute atomic E-state index is 13.0. The van der Waals surface area contributed by atoms with Crippen LogP contribution in [0, 0.1) is 17.8 Å². The van der Waals surface area contributed by atoms with Gasteiger partial charge in [-0.3, -0.25) is 9.59 Å². The smallest absolute Gasteiger partial charge is 0.228 e. The number of rotatable bonds is 4. The van der Waals surface area contributed by atoms with Crippen molar-refractivity contribution in [1.82, 2.24) is 15.1 Å². The van der Waals surface area contributed by atoms with E-state index in [1.807, 2.05) is 4.90 Å². The van der Waals surface area contributed by atoms with Crippen LogP contribution in [0.2, 0.25) is 0 Å². The summed E-state index contributed by atoms with van der Waals surface area (Å²) in [5.74, 6) is -0.562. The molecule has 2 amide bonds. The summed E-state index contributed by atoms with van der Waals surface area (Å²) in [6, 6.07) is 1.03. The van der Waals surface area contributed by atoms with Gasteiger partial charge in [0.15, 0.2) is 9.84 Å². The second-order valence-corrected chi connectivity index (χ2v) is 10.3. The SMILES string of the molecule is CN1C[C@@H]2CN(C(=O)[C@@H]3CS(=O)(=O)C[C@H]3NC(=O)Cc3ccoc3)C[C@@H]2C1. The molecule has 0 bridgehead atoms. The quantitative estimate of drug-likeness (QED) is 0.729. The van der Waals surface area contributed by atoms with Gasteiger partial charge < -0.3 is 19.5 Å². The Morgan fingerprint density at radius 2 is 1.89 bits per heavy atom. The summed E-state index contributed by atoms with van der Waals surface area (Å²) >= 11 is 0. The molecule has 3 aliphatic heterocycles. The van der Waals surface area contributed by atoms with Gasteiger partial charge in [0.05, 0.1) is 42.4 Å². The first-order chi connectivity index (χ1) is 12.8. The number of hydrogen-bond acceptors (Lipinski definition) is 6. The minimum Gasteiger partial charge on any atom is -0.472 e. The van der Waals surface area contributed by atoms with E-state index in [1.165, 1.54) is 12.5 Å². The van der Waals surface area contributed by atoms with Gasteiger partial charge >= 0.3 is 0 Å². The number of amides is 2. The van der Waals surface area contributed by atoms with Gasteiger partial charge in [0, 0.05) is 26.2 Å². The van der Waals surface area contributed by atoms with Gasteiger partial charge in [0.25, 0.3) is 0 Å². The van der Waals surface area contributed by atoms with E-state index in [0.717, 1.165) is 13.1 Å². The lowest BCUT2D eigenvalue weighted by atomic mass is 10.0. The number of hydrogen-bond donors (Lipinski definition) is 1. The van der Waals surface area contributed by atoms with Crippen molar-refractivity contribution in [3.8, 4) is 0 Å². The van der Waals surface area contributed by atoms with Crippen molar-refractivity contribution in [1.29, 1.82) is 0 Å². The van der Waals surface area contributed by atoms with Gasteiger partial charge in [-0.25, -0.2) is 8.42 Å². The fourth-order valence-electron chi connectivity index (χ4n) is 4.71. The number of likely N-dealkylation sites (tertiary alicyclic amines) is 2. The van der Waals surface area contributed by atoms with Crippen LogP contribution in [0.3, 0.4) is 0 Å². The topological polar surface area (TPSA) is 99.9 Å². The Kier molecular flexibility index (Phi) is 4.75. The Balaban J connectivity index is 1.42. The maximum atomic E-state index is 13.0. The molecular weight excluding hydrogens is 370 g/mol. The fraction of sp³-hybridized carbons (Fsp3) is 0.667. The highest BCUT2D eigenvalue weighted by Gasteiger charge is 2.47. The number of sulfone groups is 1. The Hall–Kier alpha value is -1.87. The Labute approximate surface area is 158 Å². The number of carbonyl (C=O) groups is 2. The first-order valence-electron chi connectivity index (χ1n) is 9.29. The predicted molar refractivity (Wildman–Crippen MR) is 97.5 cm³/mol. The van der Waals surface area contributed by atoms with Gasteiger partial charge in [0.2, 0.25) is 11.8 Å². The van der Waals surface area contributed by atoms with Crippen molar-refractivity contribution in [3.05, 3.63) is 24.2 Å². The highest BCUT2D eigenvalue weighted by Crippen LogP contribution is 2.32. The van der Waals surface area contributed by atoms with Crippen LogP contribution in [0.5, 0.6) is 0 Å². The minimum absolute atomic E-state index is 0.105.